The van der Waals surface area contributed by atoms with E-state index in [-0.39, 0.29) is 0 Å². The summed E-state index contributed by atoms with van der Waals surface area (Å²) in [4.78, 5) is 2.69. The van der Waals surface area contributed by atoms with Gasteiger partial charge in [-0.05, 0) is 123 Å². The Kier molecular flexibility index (Phi) is 14.4. The second kappa shape index (κ2) is 20.8. The van der Waals surface area contributed by atoms with Gasteiger partial charge >= 0.3 is 0 Å². The fourth-order valence-corrected chi connectivity index (χ4v) is 10.3. The van der Waals surface area contributed by atoms with Gasteiger partial charge in [-0.1, -0.05) is 217 Å². The van der Waals surface area contributed by atoms with Crippen LogP contribution in [0.4, 0.5) is 0 Å². The van der Waals surface area contributed by atoms with Crippen LogP contribution in [0.1, 0.15) is 123 Å². The Hall–Kier alpha value is -5.86. The molecule has 0 saturated heterocycles. The van der Waals surface area contributed by atoms with Crippen molar-refractivity contribution >= 4 is 11.3 Å². The van der Waals surface area contributed by atoms with Crippen LogP contribution in [-0.2, 0) is 12.8 Å². The average Bonchev–Trinajstić information content (AvgIpc) is 3.62. The number of thiophene rings is 1. The van der Waals surface area contributed by atoms with E-state index in [1.54, 1.807) is 5.56 Å². The van der Waals surface area contributed by atoms with Crippen molar-refractivity contribution in [2.24, 2.45) is 0 Å². The smallest absolute Gasteiger partial charge is 0.0809 e. The van der Waals surface area contributed by atoms with Crippen molar-refractivity contribution in [2.75, 3.05) is 0 Å². The highest BCUT2D eigenvalue weighted by Crippen LogP contribution is 2.37. The van der Waals surface area contributed by atoms with E-state index >= 15 is 0 Å². The molecule has 1 heteroatoms. The van der Waals surface area contributed by atoms with Crippen LogP contribution >= 0.6 is 11.3 Å². The molecule has 23 rings (SSSR count). The molecule has 0 atom stereocenters. The Bertz CT molecular complexity index is 2670. The average molecular weight is 825 g/mol. The van der Waals surface area contributed by atoms with Gasteiger partial charge in [0, 0.05) is 16.0 Å². The third kappa shape index (κ3) is 10.1. The Morgan fingerprint density at radius 1 is 0.387 bits per heavy atom. The van der Waals surface area contributed by atoms with Gasteiger partial charge in [0.2, 0.25) is 0 Å². The summed E-state index contributed by atoms with van der Waals surface area (Å²) in [5.41, 5.74) is 18.9. The summed E-state index contributed by atoms with van der Waals surface area (Å²) >= 11 is 1.91. The lowest BCUT2D eigenvalue weighted by Gasteiger charge is -2.14. The summed E-state index contributed by atoms with van der Waals surface area (Å²) in [6, 6.07) is 49.0. The van der Waals surface area contributed by atoms with Gasteiger partial charge in [-0.2, -0.15) is 0 Å². The first kappa shape index (κ1) is 42.8. The second-order valence-electron chi connectivity index (χ2n) is 17.2. The van der Waals surface area contributed by atoms with Crippen molar-refractivity contribution in [3.8, 4) is 90.9 Å². The van der Waals surface area contributed by atoms with E-state index in [1.165, 1.54) is 137 Å². The summed E-state index contributed by atoms with van der Waals surface area (Å²) in [5.74, 6) is 10.7. The van der Waals surface area contributed by atoms with Crippen molar-refractivity contribution in [1.29, 1.82) is 0 Å². The van der Waals surface area contributed by atoms with Crippen molar-refractivity contribution < 1.29 is 0 Å². The third-order valence-corrected chi connectivity index (χ3v) is 14.0. The molecule has 62 heavy (non-hydrogen) atoms. The molecule has 16 aliphatic rings. The molecule has 0 spiro atoms. The molecule has 0 amide bonds. The van der Waals surface area contributed by atoms with Gasteiger partial charge in [-0.3, -0.25) is 0 Å². The number of terminal acetylenes is 1. The molecule has 7 aromatic rings. The maximum atomic E-state index is 6.35. The highest BCUT2D eigenvalue weighted by Gasteiger charge is 2.17. The summed E-state index contributed by atoms with van der Waals surface area (Å²) in [5, 5.41) is 0. The molecule has 1 heterocycles. The van der Waals surface area contributed by atoms with Gasteiger partial charge < -0.3 is 0 Å². The van der Waals surface area contributed by atoms with Crippen molar-refractivity contribution in [3.05, 3.63) is 165 Å². The highest BCUT2D eigenvalue weighted by molar-refractivity contribution is 7.12. The van der Waals surface area contributed by atoms with Crippen LogP contribution in [0.2, 0.25) is 0 Å². The molecule has 0 saturated carbocycles. The van der Waals surface area contributed by atoms with E-state index in [9.17, 15) is 0 Å². The van der Waals surface area contributed by atoms with E-state index in [1.807, 2.05) is 11.3 Å². The second-order valence-corrected chi connectivity index (χ2v) is 18.4. The normalized spacial score (nSPS) is 11.3. The van der Waals surface area contributed by atoms with E-state index in [4.69, 9.17) is 6.42 Å². The predicted molar refractivity (Wildman–Crippen MR) is 270 cm³/mol. The van der Waals surface area contributed by atoms with Crippen LogP contribution in [-0.4, -0.2) is 0 Å². The Morgan fingerprint density at radius 2 is 0.710 bits per heavy atom. The Balaban J connectivity index is 1.20. The molecule has 1 aromatic heterocycles. The van der Waals surface area contributed by atoms with Crippen LogP contribution < -0.4 is 0 Å². The molecule has 310 valence electrons. The summed E-state index contributed by atoms with van der Waals surface area (Å²) < 4.78 is 0. The maximum Gasteiger partial charge on any atom is 0.0809 e. The topological polar surface area (TPSA) is 0 Å². The minimum Gasteiger partial charge on any atom is -0.131 e. The molecule has 0 fully saturated rings. The minimum absolute atomic E-state index is 0.874. The first-order valence-electron chi connectivity index (χ1n) is 23.3. The fraction of sp³-hybridized carbons (Fsp3) is 0.279. The van der Waals surface area contributed by atoms with Gasteiger partial charge in [-0.15, -0.1) is 17.8 Å². The number of benzene rings is 6. The molecule has 6 aromatic carbocycles. The summed E-state index contributed by atoms with van der Waals surface area (Å²) in [6.45, 7) is 6.93. The van der Waals surface area contributed by atoms with E-state index in [0.717, 1.165) is 46.2 Å². The Labute approximate surface area is 376 Å². The van der Waals surface area contributed by atoms with Crippen LogP contribution in [0.5, 0.6) is 0 Å². The zero-order valence-electron chi connectivity index (χ0n) is 37.1. The SMILES string of the molecule is C#Cc1cc2c(C#Cc3sc(C)c(CCCCCCCC)c3CCCCCCCC)cc1-c1ccc(cc1)-c1ccc(cc1)-c1ccc(cc1)-c1ccc(cc1)-c1ccc-2cc1. The van der Waals surface area contributed by atoms with Crippen LogP contribution in [0, 0.1) is 31.1 Å². The first-order valence-corrected chi connectivity index (χ1v) is 24.1. The predicted octanol–water partition coefficient (Wildman–Crippen LogP) is 17.6. The standard InChI is InChI=1S/C61H60S/c1-5-8-10-12-14-16-18-57-44(4)62-61(58(57)19-17-15-13-11-9-6-2)41-40-56-43-59-45(7-3)42-60(56)55-38-34-53(35-39-55)51-30-26-49(27-31-51)47-22-20-46(21-23-47)48-24-28-50(29-25-48)52-32-36-54(59)37-33-52/h3,20-39,42-43H,5-6,8-19H2,1-2,4H3. The molecule has 0 unspecified atom stereocenters. The van der Waals surface area contributed by atoms with Gasteiger partial charge in [-0.25, -0.2) is 0 Å². The number of hydrogen-bond donors (Lipinski definition) is 0. The first-order chi connectivity index (χ1) is 30.5. The molecular weight excluding hydrogens is 765 g/mol. The molecule has 16 aliphatic carbocycles. The summed E-state index contributed by atoms with van der Waals surface area (Å²) in [7, 11) is 0. The summed E-state index contributed by atoms with van der Waals surface area (Å²) in [6.07, 6.45) is 24.3. The van der Waals surface area contributed by atoms with E-state index in [2.05, 4.69) is 172 Å². The Morgan fingerprint density at radius 3 is 1.10 bits per heavy atom. The van der Waals surface area contributed by atoms with Crippen LogP contribution in [0.15, 0.2) is 133 Å². The lowest BCUT2D eigenvalue weighted by molar-refractivity contribution is 0.599. The molecule has 0 nitrogen and oxygen atoms in total. The highest BCUT2D eigenvalue weighted by atomic mass is 32.1. The number of rotatable bonds is 14. The zero-order valence-corrected chi connectivity index (χ0v) is 37.9. The van der Waals surface area contributed by atoms with Crippen LogP contribution in [0.3, 0.4) is 0 Å². The molecular formula is C61H60S. The van der Waals surface area contributed by atoms with Gasteiger partial charge in [0.15, 0.2) is 0 Å². The fourth-order valence-electron chi connectivity index (χ4n) is 9.16. The number of aryl methyl sites for hydroxylation is 1. The van der Waals surface area contributed by atoms with Gasteiger partial charge in [0.25, 0.3) is 0 Å². The van der Waals surface area contributed by atoms with E-state index < -0.39 is 0 Å². The van der Waals surface area contributed by atoms with Crippen molar-refractivity contribution in [1.82, 2.24) is 0 Å². The quantitative estimate of drug-likeness (QED) is 0.0757. The molecule has 0 N–H and O–H groups in total. The molecule has 0 aliphatic heterocycles. The lowest BCUT2D eigenvalue weighted by Crippen LogP contribution is -1.96. The molecule has 0 radical (unpaired) electrons. The van der Waals surface area contributed by atoms with Gasteiger partial charge in [0.05, 0.1) is 4.88 Å². The van der Waals surface area contributed by atoms with Crippen molar-refractivity contribution in [2.45, 2.75) is 111 Å². The van der Waals surface area contributed by atoms with Crippen LogP contribution in [0.25, 0.3) is 66.8 Å². The molecule has 12 bridgehead atoms. The van der Waals surface area contributed by atoms with E-state index in [0.29, 0.717) is 0 Å². The lowest BCUT2D eigenvalue weighted by atomic mass is 9.89. The van der Waals surface area contributed by atoms with Gasteiger partial charge in [0.1, 0.15) is 0 Å². The third-order valence-electron chi connectivity index (χ3n) is 12.9. The largest absolute Gasteiger partial charge is 0.131 e. The monoisotopic (exact) mass is 824 g/mol. The number of hydrogen-bond acceptors (Lipinski definition) is 1. The maximum absolute atomic E-state index is 6.35. The van der Waals surface area contributed by atoms with Crippen molar-refractivity contribution in [3.63, 3.8) is 0 Å². The number of unbranched alkanes of at least 4 members (excludes halogenated alkanes) is 10. The minimum atomic E-state index is 0.874. The zero-order chi connectivity index (χ0) is 42.7.